The molecule has 0 atom stereocenters. The van der Waals surface area contributed by atoms with E-state index < -0.39 is 0 Å². The Labute approximate surface area is 157 Å². The molecule has 0 radical (unpaired) electrons. The Bertz CT molecular complexity index is 823. The number of aryl methyl sites for hydroxylation is 1. The van der Waals surface area contributed by atoms with E-state index in [2.05, 4.69) is 36.8 Å². The van der Waals surface area contributed by atoms with Crippen LogP contribution in [-0.2, 0) is 20.1 Å². The number of hydrogen-bond acceptors (Lipinski definition) is 4. The summed E-state index contributed by atoms with van der Waals surface area (Å²) in [5.41, 5.74) is 2.17. The Morgan fingerprint density at radius 3 is 2.67 bits per heavy atom. The van der Waals surface area contributed by atoms with E-state index in [1.165, 1.54) is 11.9 Å². The van der Waals surface area contributed by atoms with Crippen LogP contribution in [-0.4, -0.2) is 32.8 Å². The van der Waals surface area contributed by atoms with Crippen LogP contribution in [0.3, 0.4) is 0 Å². The molecule has 1 aromatic carbocycles. The van der Waals surface area contributed by atoms with Crippen LogP contribution in [0.2, 0.25) is 0 Å². The number of aromatic nitrogens is 4. The smallest absolute Gasteiger partial charge is 0.191 e. The number of guanidine groups is 1. The first-order valence-electron chi connectivity index (χ1n) is 7.38. The number of aliphatic imine (C=N–C) groups is 1. The number of halogens is 1. The summed E-state index contributed by atoms with van der Waals surface area (Å²) in [6.07, 6.45) is 3.37. The maximum atomic E-state index is 4.38. The van der Waals surface area contributed by atoms with Crippen molar-refractivity contribution in [2.75, 3.05) is 7.05 Å². The predicted octanol–water partition coefficient (Wildman–Crippen LogP) is 1.85. The average molecular weight is 437 g/mol. The third kappa shape index (κ3) is 4.19. The van der Waals surface area contributed by atoms with Gasteiger partial charge < -0.3 is 10.6 Å². The Morgan fingerprint density at radius 1 is 1.12 bits per heavy atom. The fraction of sp³-hybridized carbons (Fsp3) is 0.250. The van der Waals surface area contributed by atoms with Gasteiger partial charge >= 0.3 is 0 Å². The molecule has 0 aliphatic heterocycles. The first-order chi connectivity index (χ1) is 11.3. The molecule has 24 heavy (non-hydrogen) atoms. The lowest BCUT2D eigenvalue weighted by molar-refractivity contribution is 0.673. The van der Waals surface area contributed by atoms with Gasteiger partial charge in [-0.2, -0.15) is 5.10 Å². The molecule has 8 heteroatoms. The molecule has 0 bridgehead atoms. The van der Waals surface area contributed by atoms with E-state index in [-0.39, 0.29) is 24.0 Å². The van der Waals surface area contributed by atoms with Gasteiger partial charge in [0.15, 0.2) is 5.96 Å². The fourth-order valence-electron chi connectivity index (χ4n) is 2.35. The predicted molar refractivity (Wildman–Crippen MR) is 105 cm³/mol. The van der Waals surface area contributed by atoms with Gasteiger partial charge in [-0.05, 0) is 17.7 Å². The molecular weight excluding hydrogens is 417 g/mol. The highest BCUT2D eigenvalue weighted by atomic mass is 127. The Balaban J connectivity index is 0.00000208. The molecule has 3 aromatic rings. The quantitative estimate of drug-likeness (QED) is 0.370. The van der Waals surface area contributed by atoms with Crippen LogP contribution in [0, 0.1) is 0 Å². The summed E-state index contributed by atoms with van der Waals surface area (Å²) in [6.45, 7) is 1.23. The van der Waals surface area contributed by atoms with Gasteiger partial charge in [0.1, 0.15) is 12.2 Å². The molecule has 2 heterocycles. The number of pyridine rings is 1. The molecule has 3 rings (SSSR count). The van der Waals surface area contributed by atoms with Gasteiger partial charge in [-0.3, -0.25) is 14.7 Å². The minimum Gasteiger partial charge on any atom is -0.352 e. The molecule has 0 spiro atoms. The van der Waals surface area contributed by atoms with Crippen molar-refractivity contribution in [1.82, 2.24) is 30.4 Å². The van der Waals surface area contributed by atoms with Crippen molar-refractivity contribution in [3.63, 3.8) is 0 Å². The van der Waals surface area contributed by atoms with Crippen molar-refractivity contribution in [2.24, 2.45) is 12.0 Å². The third-order valence-electron chi connectivity index (χ3n) is 3.63. The van der Waals surface area contributed by atoms with Crippen LogP contribution in [0.1, 0.15) is 11.4 Å². The second kappa shape index (κ2) is 8.57. The highest BCUT2D eigenvalue weighted by Crippen LogP contribution is 2.15. The molecule has 2 aromatic heterocycles. The number of hydrogen-bond donors (Lipinski definition) is 2. The van der Waals surface area contributed by atoms with Crippen molar-refractivity contribution in [3.8, 4) is 0 Å². The van der Waals surface area contributed by atoms with E-state index in [1.54, 1.807) is 11.7 Å². The van der Waals surface area contributed by atoms with Crippen LogP contribution in [0.15, 0.2) is 47.8 Å². The molecule has 0 saturated carbocycles. The monoisotopic (exact) mass is 437 g/mol. The van der Waals surface area contributed by atoms with Crippen molar-refractivity contribution >= 4 is 40.8 Å². The number of para-hydroxylation sites is 1. The van der Waals surface area contributed by atoms with E-state index in [9.17, 15) is 0 Å². The summed E-state index contributed by atoms with van der Waals surface area (Å²) in [4.78, 5) is 12.8. The van der Waals surface area contributed by atoms with Gasteiger partial charge in [0.05, 0.1) is 12.1 Å². The second-order valence-corrected chi connectivity index (χ2v) is 5.07. The molecule has 0 fully saturated rings. The molecule has 2 N–H and O–H groups in total. The molecule has 0 saturated heterocycles. The maximum Gasteiger partial charge on any atom is 0.191 e. The Kier molecular flexibility index (Phi) is 6.47. The number of fused-ring (bicyclic) bond motifs is 1. The minimum absolute atomic E-state index is 0. The largest absolute Gasteiger partial charge is 0.352 e. The lowest BCUT2D eigenvalue weighted by atomic mass is 10.1. The van der Waals surface area contributed by atoms with Gasteiger partial charge in [-0.15, -0.1) is 24.0 Å². The maximum absolute atomic E-state index is 4.38. The van der Waals surface area contributed by atoms with E-state index in [1.807, 2.05) is 37.5 Å². The average Bonchev–Trinajstić information content (AvgIpc) is 3.00. The van der Waals surface area contributed by atoms with Crippen LogP contribution in [0.5, 0.6) is 0 Å². The zero-order valence-corrected chi connectivity index (χ0v) is 15.9. The number of benzene rings is 1. The lowest BCUT2D eigenvalue weighted by Gasteiger charge is -2.12. The molecule has 0 aliphatic carbocycles. The molecule has 0 amide bonds. The van der Waals surface area contributed by atoms with Gasteiger partial charge in [0.2, 0.25) is 0 Å². The first-order valence-corrected chi connectivity index (χ1v) is 7.38. The fourth-order valence-corrected chi connectivity index (χ4v) is 2.35. The first kappa shape index (κ1) is 18.1. The minimum atomic E-state index is 0. The number of nitrogens with one attached hydrogen (secondary N) is 2. The summed E-state index contributed by atoms with van der Waals surface area (Å²) in [5, 5.41) is 11.7. The number of nitrogens with zero attached hydrogens (tertiary/aromatic N) is 5. The van der Waals surface area contributed by atoms with Crippen molar-refractivity contribution in [2.45, 2.75) is 13.1 Å². The van der Waals surface area contributed by atoms with E-state index >= 15 is 0 Å². The highest BCUT2D eigenvalue weighted by Gasteiger charge is 2.05. The Morgan fingerprint density at radius 2 is 1.92 bits per heavy atom. The van der Waals surface area contributed by atoms with E-state index in [0.717, 1.165) is 16.7 Å². The molecule has 126 valence electrons. The molecule has 7 nitrogen and oxygen atoms in total. The second-order valence-electron chi connectivity index (χ2n) is 5.07. The van der Waals surface area contributed by atoms with Crippen molar-refractivity contribution in [1.29, 1.82) is 0 Å². The van der Waals surface area contributed by atoms with Gasteiger partial charge in [0, 0.05) is 32.2 Å². The normalized spacial score (nSPS) is 11.2. The summed E-state index contributed by atoms with van der Waals surface area (Å²) in [6, 6.07) is 10.1. The number of rotatable bonds is 4. The molecular formula is C16H20IN7. The SMILES string of the molecule is CN=C(NCc1ccnc2ccccc12)NCc1ncnn1C.I. The lowest BCUT2D eigenvalue weighted by Crippen LogP contribution is -2.37. The van der Waals surface area contributed by atoms with Gasteiger partial charge in [-0.1, -0.05) is 18.2 Å². The van der Waals surface area contributed by atoms with Crippen LogP contribution >= 0.6 is 24.0 Å². The van der Waals surface area contributed by atoms with Gasteiger partial charge in [-0.25, -0.2) is 4.98 Å². The van der Waals surface area contributed by atoms with Gasteiger partial charge in [0.25, 0.3) is 0 Å². The summed E-state index contributed by atoms with van der Waals surface area (Å²) >= 11 is 0. The zero-order valence-electron chi connectivity index (χ0n) is 13.6. The van der Waals surface area contributed by atoms with Crippen LogP contribution in [0.4, 0.5) is 0 Å². The van der Waals surface area contributed by atoms with E-state index in [4.69, 9.17) is 0 Å². The zero-order chi connectivity index (χ0) is 16.1. The van der Waals surface area contributed by atoms with Crippen LogP contribution < -0.4 is 10.6 Å². The highest BCUT2D eigenvalue weighted by molar-refractivity contribution is 14.0. The third-order valence-corrected chi connectivity index (χ3v) is 3.63. The summed E-state index contributed by atoms with van der Waals surface area (Å²) in [5.74, 6) is 1.57. The standard InChI is InChI=1S/C16H19N7.HI/c1-17-16(20-10-15-21-11-22-23(15)2)19-9-12-7-8-18-14-6-4-3-5-13(12)14;/h3-8,11H,9-10H2,1-2H3,(H2,17,19,20);1H. The van der Waals surface area contributed by atoms with E-state index in [0.29, 0.717) is 19.0 Å². The van der Waals surface area contributed by atoms with Crippen molar-refractivity contribution < 1.29 is 0 Å². The summed E-state index contributed by atoms with van der Waals surface area (Å²) < 4.78 is 1.73. The Hall–Kier alpha value is -2.23. The molecule has 0 unspecified atom stereocenters. The molecule has 0 aliphatic rings. The van der Waals surface area contributed by atoms with Crippen molar-refractivity contribution in [3.05, 3.63) is 54.2 Å². The topological polar surface area (TPSA) is 80.0 Å². The van der Waals surface area contributed by atoms with Crippen LogP contribution in [0.25, 0.3) is 10.9 Å². The summed E-state index contributed by atoms with van der Waals surface area (Å²) in [7, 11) is 3.61.